The van der Waals surface area contributed by atoms with Crippen LogP contribution in [0.25, 0.3) is 0 Å². The minimum atomic E-state index is -3.63. The molecule has 3 rings (SSSR count). The zero-order chi connectivity index (χ0) is 21.0. The molecular formula is C22H27NO5S. The molecule has 2 atom stereocenters. The molecular weight excluding hydrogens is 390 g/mol. The van der Waals surface area contributed by atoms with E-state index in [1.165, 1.54) is 0 Å². The maximum atomic E-state index is 12.6. The Morgan fingerprint density at radius 1 is 1.03 bits per heavy atom. The molecule has 7 heteroatoms. The van der Waals surface area contributed by atoms with Crippen molar-refractivity contribution in [3.8, 4) is 11.5 Å². The minimum Gasteiger partial charge on any atom is -0.457 e. The Labute approximate surface area is 172 Å². The standard InChI is InChI=1S/C22H27NO5S/c1-16(2)13-20-21(28-29(3,25)26)14-22(24)23(20)15-17-9-11-19(12-10-17)27-18-7-5-4-6-8-18/h4-12,16,20-21H,13-15H2,1-3H3/t20-,21-/m1/s1. The number of para-hydroxylation sites is 1. The van der Waals surface area contributed by atoms with Gasteiger partial charge in [-0.05, 0) is 42.2 Å². The van der Waals surface area contributed by atoms with Crippen molar-refractivity contribution >= 4 is 16.0 Å². The fourth-order valence-corrected chi connectivity index (χ4v) is 4.23. The molecule has 0 N–H and O–H groups in total. The number of hydrogen-bond donors (Lipinski definition) is 0. The predicted octanol–water partition coefficient (Wildman–Crippen LogP) is 3.97. The van der Waals surface area contributed by atoms with E-state index in [1.54, 1.807) is 4.90 Å². The van der Waals surface area contributed by atoms with Gasteiger partial charge in [-0.15, -0.1) is 0 Å². The normalized spacial score (nSPS) is 19.7. The van der Waals surface area contributed by atoms with Crippen LogP contribution in [-0.4, -0.2) is 37.6 Å². The zero-order valence-electron chi connectivity index (χ0n) is 16.9. The number of rotatable bonds is 8. The first-order valence-corrected chi connectivity index (χ1v) is 11.5. The Bertz CT molecular complexity index is 925. The van der Waals surface area contributed by atoms with Gasteiger partial charge in [0.2, 0.25) is 5.91 Å². The highest BCUT2D eigenvalue weighted by molar-refractivity contribution is 7.86. The number of amides is 1. The summed E-state index contributed by atoms with van der Waals surface area (Å²) < 4.78 is 34.3. The van der Waals surface area contributed by atoms with Crippen LogP contribution in [0.4, 0.5) is 0 Å². The van der Waals surface area contributed by atoms with E-state index < -0.39 is 16.2 Å². The molecule has 2 aromatic carbocycles. The lowest BCUT2D eigenvalue weighted by molar-refractivity contribution is -0.129. The third-order valence-electron chi connectivity index (χ3n) is 4.79. The van der Waals surface area contributed by atoms with Gasteiger partial charge < -0.3 is 9.64 Å². The summed E-state index contributed by atoms with van der Waals surface area (Å²) in [6.07, 6.45) is 1.15. The van der Waals surface area contributed by atoms with Crippen molar-refractivity contribution in [2.75, 3.05) is 6.26 Å². The van der Waals surface area contributed by atoms with Gasteiger partial charge in [0.1, 0.15) is 17.6 Å². The number of nitrogens with zero attached hydrogens (tertiary/aromatic N) is 1. The summed E-state index contributed by atoms with van der Waals surface area (Å²) >= 11 is 0. The smallest absolute Gasteiger partial charge is 0.264 e. The summed E-state index contributed by atoms with van der Waals surface area (Å²) in [4.78, 5) is 14.3. The molecule has 1 saturated heterocycles. The molecule has 2 aromatic rings. The van der Waals surface area contributed by atoms with Crippen LogP contribution in [0.1, 0.15) is 32.3 Å². The number of carbonyl (C=O) groups excluding carboxylic acids is 1. The maximum absolute atomic E-state index is 12.6. The van der Waals surface area contributed by atoms with E-state index in [2.05, 4.69) is 0 Å². The van der Waals surface area contributed by atoms with E-state index in [9.17, 15) is 13.2 Å². The van der Waals surface area contributed by atoms with E-state index in [-0.39, 0.29) is 18.4 Å². The van der Waals surface area contributed by atoms with Gasteiger partial charge in [0.05, 0.1) is 18.7 Å². The summed E-state index contributed by atoms with van der Waals surface area (Å²) in [6.45, 7) is 4.51. The van der Waals surface area contributed by atoms with Crippen molar-refractivity contribution in [2.45, 2.75) is 45.4 Å². The molecule has 1 aliphatic rings. The Morgan fingerprint density at radius 2 is 1.66 bits per heavy atom. The van der Waals surface area contributed by atoms with Crippen LogP contribution in [0.3, 0.4) is 0 Å². The van der Waals surface area contributed by atoms with E-state index in [0.29, 0.717) is 24.6 Å². The molecule has 29 heavy (non-hydrogen) atoms. The van der Waals surface area contributed by atoms with Crippen LogP contribution in [-0.2, 0) is 25.6 Å². The Balaban J connectivity index is 1.72. The Hall–Kier alpha value is -2.38. The number of benzene rings is 2. The SMILES string of the molecule is CC(C)C[C@@H]1[C@H](OS(C)(=O)=O)CC(=O)N1Cc1ccc(Oc2ccccc2)cc1. The van der Waals surface area contributed by atoms with Gasteiger partial charge in [0, 0.05) is 6.54 Å². The van der Waals surface area contributed by atoms with Crippen LogP contribution >= 0.6 is 0 Å². The van der Waals surface area contributed by atoms with Gasteiger partial charge >= 0.3 is 0 Å². The molecule has 1 amide bonds. The molecule has 0 aliphatic carbocycles. The van der Waals surface area contributed by atoms with E-state index in [0.717, 1.165) is 17.6 Å². The van der Waals surface area contributed by atoms with Gasteiger partial charge in [-0.25, -0.2) is 0 Å². The summed E-state index contributed by atoms with van der Waals surface area (Å²) in [5.41, 5.74) is 0.951. The number of ether oxygens (including phenoxy) is 1. The molecule has 1 fully saturated rings. The second-order valence-corrected chi connectivity index (χ2v) is 9.42. The van der Waals surface area contributed by atoms with Crippen LogP contribution in [0.2, 0.25) is 0 Å². The lowest BCUT2D eigenvalue weighted by atomic mass is 9.99. The highest BCUT2D eigenvalue weighted by Crippen LogP contribution is 2.30. The fourth-order valence-electron chi connectivity index (χ4n) is 3.59. The maximum Gasteiger partial charge on any atom is 0.264 e. The van der Waals surface area contributed by atoms with E-state index in [4.69, 9.17) is 8.92 Å². The molecule has 0 spiro atoms. The zero-order valence-corrected chi connectivity index (χ0v) is 17.8. The van der Waals surface area contributed by atoms with E-state index in [1.807, 2.05) is 68.4 Å². The highest BCUT2D eigenvalue weighted by atomic mass is 32.2. The molecule has 1 aliphatic heterocycles. The second kappa shape index (κ2) is 8.97. The van der Waals surface area contributed by atoms with Crippen molar-refractivity contribution in [1.29, 1.82) is 0 Å². The minimum absolute atomic E-state index is 0.0830. The molecule has 0 aromatic heterocycles. The van der Waals surface area contributed by atoms with Gasteiger partial charge in [0.25, 0.3) is 10.1 Å². The summed E-state index contributed by atoms with van der Waals surface area (Å²) in [7, 11) is -3.63. The first kappa shape index (κ1) is 21.3. The van der Waals surface area contributed by atoms with Crippen molar-refractivity contribution in [3.05, 3.63) is 60.2 Å². The van der Waals surface area contributed by atoms with Crippen molar-refractivity contribution in [2.24, 2.45) is 5.92 Å². The molecule has 0 radical (unpaired) electrons. The molecule has 0 unspecified atom stereocenters. The molecule has 6 nitrogen and oxygen atoms in total. The largest absolute Gasteiger partial charge is 0.457 e. The third-order valence-corrected chi connectivity index (χ3v) is 5.39. The first-order chi connectivity index (χ1) is 13.7. The molecule has 1 heterocycles. The quantitative estimate of drug-likeness (QED) is 0.608. The molecule has 0 bridgehead atoms. The highest BCUT2D eigenvalue weighted by Gasteiger charge is 2.42. The molecule has 0 saturated carbocycles. The van der Waals surface area contributed by atoms with Gasteiger partial charge in [0.15, 0.2) is 0 Å². The van der Waals surface area contributed by atoms with Gasteiger partial charge in [-0.2, -0.15) is 8.42 Å². The van der Waals surface area contributed by atoms with Crippen molar-refractivity contribution in [3.63, 3.8) is 0 Å². The average molecular weight is 418 g/mol. The lowest BCUT2D eigenvalue weighted by Gasteiger charge is -2.29. The van der Waals surface area contributed by atoms with E-state index >= 15 is 0 Å². The fraction of sp³-hybridized carbons (Fsp3) is 0.409. The second-order valence-electron chi connectivity index (χ2n) is 7.82. The Morgan fingerprint density at radius 3 is 2.24 bits per heavy atom. The van der Waals surface area contributed by atoms with Gasteiger partial charge in [-0.3, -0.25) is 8.98 Å². The number of hydrogen-bond acceptors (Lipinski definition) is 5. The predicted molar refractivity (Wildman–Crippen MR) is 111 cm³/mol. The lowest BCUT2D eigenvalue weighted by Crippen LogP contribution is -2.39. The average Bonchev–Trinajstić information content (AvgIpc) is 2.90. The van der Waals surface area contributed by atoms with Crippen LogP contribution in [0.5, 0.6) is 11.5 Å². The Kier molecular flexibility index (Phi) is 6.59. The van der Waals surface area contributed by atoms with Crippen LogP contribution in [0, 0.1) is 5.92 Å². The number of carbonyl (C=O) groups is 1. The van der Waals surface area contributed by atoms with Gasteiger partial charge in [-0.1, -0.05) is 44.2 Å². The summed E-state index contributed by atoms with van der Waals surface area (Å²) in [6, 6.07) is 16.8. The van der Waals surface area contributed by atoms with Crippen LogP contribution < -0.4 is 4.74 Å². The topological polar surface area (TPSA) is 72.9 Å². The summed E-state index contributed by atoms with van der Waals surface area (Å²) in [5, 5.41) is 0. The number of likely N-dealkylation sites (tertiary alicyclic amines) is 1. The summed E-state index contributed by atoms with van der Waals surface area (Å²) in [5.74, 6) is 1.69. The third kappa shape index (κ3) is 6.05. The monoisotopic (exact) mass is 417 g/mol. The van der Waals surface area contributed by atoms with Crippen molar-refractivity contribution < 1.29 is 22.1 Å². The first-order valence-electron chi connectivity index (χ1n) is 9.71. The van der Waals surface area contributed by atoms with Crippen LogP contribution in [0.15, 0.2) is 54.6 Å². The molecule has 156 valence electrons. The van der Waals surface area contributed by atoms with Crippen molar-refractivity contribution in [1.82, 2.24) is 4.90 Å².